The van der Waals surface area contributed by atoms with Crippen molar-refractivity contribution in [1.29, 1.82) is 0 Å². The van der Waals surface area contributed by atoms with Gasteiger partial charge in [0, 0.05) is 18.0 Å². The maximum Gasteiger partial charge on any atom is 0.336 e. The van der Waals surface area contributed by atoms with Crippen LogP contribution in [0.5, 0.6) is 0 Å². The third-order valence-corrected chi connectivity index (χ3v) is 3.66. The number of hydrogen-bond donors (Lipinski definition) is 1. The summed E-state index contributed by atoms with van der Waals surface area (Å²) in [6, 6.07) is 7.99. The molecule has 0 radical (unpaired) electrons. The van der Waals surface area contributed by atoms with Crippen LogP contribution in [0.4, 0.5) is 5.69 Å². The summed E-state index contributed by atoms with van der Waals surface area (Å²) in [4.78, 5) is 12.9. The second-order valence-electron chi connectivity index (χ2n) is 3.59. The average Bonchev–Trinajstić information content (AvgIpc) is 2.67. The smallest absolute Gasteiger partial charge is 0.336 e. The Morgan fingerprint density at radius 1 is 1.47 bits per heavy atom. The fraction of sp³-hybridized carbons (Fsp3) is 0.364. The summed E-state index contributed by atoms with van der Waals surface area (Å²) in [5.74, 6) is 0.128. The zero-order valence-electron chi connectivity index (χ0n) is 8.51. The van der Waals surface area contributed by atoms with Crippen molar-refractivity contribution < 1.29 is 9.90 Å². The van der Waals surface area contributed by atoms with Gasteiger partial charge in [0.2, 0.25) is 0 Å². The van der Waals surface area contributed by atoms with Crippen molar-refractivity contribution in [2.24, 2.45) is 0 Å². The SMILES string of the molecule is Cc1ccc(N2CCS[C@@H]2C(=O)O)cc1. The molecule has 1 fully saturated rings. The summed E-state index contributed by atoms with van der Waals surface area (Å²) in [6.07, 6.45) is 0. The van der Waals surface area contributed by atoms with Crippen molar-refractivity contribution in [3.63, 3.8) is 0 Å². The molecule has 4 heteroatoms. The first-order chi connectivity index (χ1) is 7.18. The number of thioether (sulfide) groups is 1. The molecule has 0 spiro atoms. The van der Waals surface area contributed by atoms with Crippen LogP contribution in [0.15, 0.2) is 24.3 Å². The number of anilines is 1. The van der Waals surface area contributed by atoms with Gasteiger partial charge in [-0.3, -0.25) is 0 Å². The molecule has 1 aromatic rings. The molecule has 1 aromatic carbocycles. The van der Waals surface area contributed by atoms with Crippen LogP contribution in [0.25, 0.3) is 0 Å². The van der Waals surface area contributed by atoms with Crippen LogP contribution in [0.1, 0.15) is 5.56 Å². The molecule has 15 heavy (non-hydrogen) atoms. The molecule has 0 bridgehead atoms. The van der Waals surface area contributed by atoms with E-state index < -0.39 is 11.3 Å². The molecule has 0 aliphatic carbocycles. The average molecular weight is 223 g/mol. The number of aliphatic carboxylic acids is 1. The molecule has 1 aliphatic heterocycles. The molecular weight excluding hydrogens is 210 g/mol. The van der Waals surface area contributed by atoms with E-state index in [0.29, 0.717) is 0 Å². The fourth-order valence-electron chi connectivity index (χ4n) is 1.68. The van der Waals surface area contributed by atoms with Crippen LogP contribution in [0.2, 0.25) is 0 Å². The summed E-state index contributed by atoms with van der Waals surface area (Å²) >= 11 is 1.48. The Morgan fingerprint density at radius 2 is 2.13 bits per heavy atom. The van der Waals surface area contributed by atoms with Crippen LogP contribution in [-0.2, 0) is 4.79 Å². The lowest BCUT2D eigenvalue weighted by Gasteiger charge is -2.22. The fourth-order valence-corrected chi connectivity index (χ4v) is 2.75. The number of hydrogen-bond acceptors (Lipinski definition) is 3. The van der Waals surface area contributed by atoms with E-state index in [4.69, 9.17) is 5.11 Å². The minimum Gasteiger partial charge on any atom is -0.479 e. The normalized spacial score (nSPS) is 20.6. The van der Waals surface area contributed by atoms with Crippen LogP contribution in [-0.4, -0.2) is 28.7 Å². The highest BCUT2D eigenvalue weighted by Gasteiger charge is 2.31. The lowest BCUT2D eigenvalue weighted by molar-refractivity contribution is -0.136. The van der Waals surface area contributed by atoms with Gasteiger partial charge >= 0.3 is 5.97 Å². The Morgan fingerprint density at radius 3 is 2.73 bits per heavy atom. The van der Waals surface area contributed by atoms with Gasteiger partial charge in [-0.05, 0) is 19.1 Å². The van der Waals surface area contributed by atoms with Gasteiger partial charge in [0.25, 0.3) is 0 Å². The number of carbonyl (C=O) groups is 1. The second kappa shape index (κ2) is 4.14. The first-order valence-electron chi connectivity index (χ1n) is 4.86. The molecule has 0 amide bonds. The van der Waals surface area contributed by atoms with Crippen LogP contribution >= 0.6 is 11.8 Å². The highest BCUT2D eigenvalue weighted by molar-refractivity contribution is 8.01. The van der Waals surface area contributed by atoms with E-state index in [0.717, 1.165) is 18.0 Å². The zero-order valence-corrected chi connectivity index (χ0v) is 9.33. The lowest BCUT2D eigenvalue weighted by atomic mass is 10.2. The van der Waals surface area contributed by atoms with Crippen LogP contribution in [0, 0.1) is 6.92 Å². The maximum atomic E-state index is 11.0. The van der Waals surface area contributed by atoms with E-state index in [-0.39, 0.29) is 0 Å². The Kier molecular flexibility index (Phi) is 2.86. The standard InChI is InChI=1S/C11H13NO2S/c1-8-2-4-9(5-3-8)12-6-7-15-10(12)11(13)14/h2-5,10H,6-7H2,1H3,(H,13,14)/t10-/m1/s1. The number of rotatable bonds is 2. The molecule has 1 heterocycles. The van der Waals surface area contributed by atoms with Crippen molar-refractivity contribution in [2.75, 3.05) is 17.2 Å². The first kappa shape index (κ1) is 10.4. The Balaban J connectivity index is 2.22. The quantitative estimate of drug-likeness (QED) is 0.832. The maximum absolute atomic E-state index is 11.0. The van der Waals surface area contributed by atoms with E-state index in [2.05, 4.69) is 0 Å². The van der Waals surface area contributed by atoms with Gasteiger partial charge < -0.3 is 10.0 Å². The number of nitrogens with zero attached hydrogens (tertiary/aromatic N) is 1. The molecule has 0 aromatic heterocycles. The summed E-state index contributed by atoms with van der Waals surface area (Å²) in [5.41, 5.74) is 2.19. The molecule has 0 unspecified atom stereocenters. The third kappa shape index (κ3) is 2.09. The largest absolute Gasteiger partial charge is 0.479 e. The van der Waals surface area contributed by atoms with Gasteiger partial charge in [0.1, 0.15) is 0 Å². The van der Waals surface area contributed by atoms with Gasteiger partial charge in [-0.25, -0.2) is 4.79 Å². The summed E-state index contributed by atoms with van der Waals surface area (Å²) < 4.78 is 0. The Bertz CT molecular complexity index is 363. The summed E-state index contributed by atoms with van der Waals surface area (Å²) in [7, 11) is 0. The van der Waals surface area contributed by atoms with Crippen molar-refractivity contribution >= 4 is 23.4 Å². The zero-order chi connectivity index (χ0) is 10.8. The van der Waals surface area contributed by atoms with Gasteiger partial charge in [-0.1, -0.05) is 17.7 Å². The second-order valence-corrected chi connectivity index (χ2v) is 4.78. The summed E-state index contributed by atoms with van der Waals surface area (Å²) in [5, 5.41) is 8.61. The Labute approximate surface area is 93.1 Å². The predicted octanol–water partition coefficient (Wildman–Crippen LogP) is 1.96. The monoisotopic (exact) mass is 223 g/mol. The van der Waals surface area contributed by atoms with Gasteiger partial charge in [-0.15, -0.1) is 11.8 Å². The van der Waals surface area contributed by atoms with Crippen LogP contribution < -0.4 is 4.90 Å². The molecule has 1 aliphatic rings. The molecule has 0 saturated carbocycles. The van der Waals surface area contributed by atoms with E-state index >= 15 is 0 Å². The highest BCUT2D eigenvalue weighted by Crippen LogP contribution is 2.29. The minimum atomic E-state index is -0.752. The molecule has 1 atom stereocenters. The molecule has 1 N–H and O–H groups in total. The van der Waals surface area contributed by atoms with E-state index in [1.807, 2.05) is 36.1 Å². The number of aryl methyl sites for hydroxylation is 1. The summed E-state index contributed by atoms with van der Waals surface area (Å²) in [6.45, 7) is 2.84. The highest BCUT2D eigenvalue weighted by atomic mass is 32.2. The molecule has 1 saturated heterocycles. The predicted molar refractivity (Wildman–Crippen MR) is 62.4 cm³/mol. The van der Waals surface area contributed by atoms with E-state index in [9.17, 15) is 4.79 Å². The van der Waals surface area contributed by atoms with E-state index in [1.54, 1.807) is 0 Å². The molecule has 3 nitrogen and oxygen atoms in total. The Hall–Kier alpha value is -1.16. The number of carboxylic acids is 1. The van der Waals surface area contributed by atoms with E-state index in [1.165, 1.54) is 17.3 Å². The third-order valence-electron chi connectivity index (χ3n) is 2.47. The first-order valence-corrected chi connectivity index (χ1v) is 5.91. The lowest BCUT2D eigenvalue weighted by Crippen LogP contribution is -2.34. The number of carboxylic acid groups (broad SMARTS) is 1. The topological polar surface area (TPSA) is 40.5 Å². The van der Waals surface area contributed by atoms with Crippen molar-refractivity contribution in [1.82, 2.24) is 0 Å². The molecular formula is C11H13NO2S. The van der Waals surface area contributed by atoms with Gasteiger partial charge in [-0.2, -0.15) is 0 Å². The molecule has 2 rings (SSSR count). The van der Waals surface area contributed by atoms with Crippen molar-refractivity contribution in [2.45, 2.75) is 12.3 Å². The molecule has 80 valence electrons. The van der Waals surface area contributed by atoms with Crippen molar-refractivity contribution in [3.05, 3.63) is 29.8 Å². The van der Waals surface area contributed by atoms with Crippen molar-refractivity contribution in [3.8, 4) is 0 Å². The van der Waals surface area contributed by atoms with Gasteiger partial charge in [0.15, 0.2) is 5.37 Å². The number of benzene rings is 1. The van der Waals surface area contributed by atoms with Crippen LogP contribution in [0.3, 0.4) is 0 Å². The van der Waals surface area contributed by atoms with Gasteiger partial charge in [0.05, 0.1) is 0 Å². The minimum absolute atomic E-state index is 0.423.